The molecule has 1 heterocycles. The Morgan fingerprint density at radius 3 is 2.70 bits per heavy atom. The van der Waals surface area contributed by atoms with Gasteiger partial charge in [-0.05, 0) is 50.4 Å². The van der Waals surface area contributed by atoms with Crippen molar-refractivity contribution in [3.63, 3.8) is 0 Å². The van der Waals surface area contributed by atoms with Gasteiger partial charge in [0.05, 0.1) is 0 Å². The molecular formula is C17H27N3. The van der Waals surface area contributed by atoms with Gasteiger partial charge in [0.15, 0.2) is 0 Å². The molecule has 1 aliphatic carbocycles. The molecule has 0 saturated carbocycles. The summed E-state index contributed by atoms with van der Waals surface area (Å²) >= 11 is 0. The number of nitrogens with zero attached hydrogens (tertiary/aromatic N) is 2. The SMILES string of the molecule is CN1CCCN(C2(CN)CCc3ccccc3C2)CC1. The summed E-state index contributed by atoms with van der Waals surface area (Å²) in [6.45, 7) is 5.53. The fourth-order valence-electron chi connectivity index (χ4n) is 3.88. The van der Waals surface area contributed by atoms with E-state index in [1.165, 1.54) is 50.0 Å². The standard InChI is InChI=1S/C17H27N3/c1-19-9-4-10-20(12-11-19)17(14-18)8-7-15-5-2-3-6-16(15)13-17/h2-3,5-6H,4,7-14,18H2,1H3. The van der Waals surface area contributed by atoms with Gasteiger partial charge >= 0.3 is 0 Å². The largest absolute Gasteiger partial charge is 0.329 e. The third-order valence-corrected chi connectivity index (χ3v) is 5.27. The van der Waals surface area contributed by atoms with Crippen molar-refractivity contribution in [2.24, 2.45) is 5.73 Å². The minimum Gasteiger partial charge on any atom is -0.329 e. The molecule has 20 heavy (non-hydrogen) atoms. The zero-order valence-electron chi connectivity index (χ0n) is 12.6. The summed E-state index contributed by atoms with van der Waals surface area (Å²) in [6.07, 6.45) is 4.78. The highest BCUT2D eigenvalue weighted by molar-refractivity contribution is 5.32. The molecule has 1 fully saturated rings. The van der Waals surface area contributed by atoms with Gasteiger partial charge in [0.25, 0.3) is 0 Å². The number of fused-ring (bicyclic) bond motifs is 1. The van der Waals surface area contributed by atoms with Crippen molar-refractivity contribution in [3.8, 4) is 0 Å². The molecule has 2 N–H and O–H groups in total. The minimum atomic E-state index is 0.194. The molecule has 0 aromatic heterocycles. The summed E-state index contributed by atoms with van der Waals surface area (Å²) in [6, 6.07) is 8.91. The van der Waals surface area contributed by atoms with Crippen molar-refractivity contribution < 1.29 is 0 Å². The van der Waals surface area contributed by atoms with Crippen LogP contribution in [-0.4, -0.2) is 55.1 Å². The fraction of sp³-hybridized carbons (Fsp3) is 0.647. The maximum absolute atomic E-state index is 6.26. The molecule has 1 unspecified atom stereocenters. The second kappa shape index (κ2) is 5.84. The number of likely N-dealkylation sites (N-methyl/N-ethyl adjacent to an activating group) is 1. The van der Waals surface area contributed by atoms with Gasteiger partial charge in [0, 0.05) is 31.7 Å². The maximum atomic E-state index is 6.26. The molecule has 3 rings (SSSR count). The first kappa shape index (κ1) is 14.1. The first-order valence-electron chi connectivity index (χ1n) is 7.94. The van der Waals surface area contributed by atoms with Crippen molar-refractivity contribution in [3.05, 3.63) is 35.4 Å². The third kappa shape index (κ3) is 2.62. The number of hydrogen-bond acceptors (Lipinski definition) is 3. The van der Waals surface area contributed by atoms with E-state index in [0.717, 1.165) is 19.5 Å². The molecule has 0 spiro atoms. The van der Waals surface area contributed by atoms with Crippen LogP contribution in [0.5, 0.6) is 0 Å². The van der Waals surface area contributed by atoms with Crippen LogP contribution in [0.4, 0.5) is 0 Å². The van der Waals surface area contributed by atoms with Gasteiger partial charge in [-0.1, -0.05) is 24.3 Å². The van der Waals surface area contributed by atoms with Gasteiger partial charge < -0.3 is 10.6 Å². The van der Waals surface area contributed by atoms with E-state index >= 15 is 0 Å². The summed E-state index contributed by atoms with van der Waals surface area (Å²) in [5.41, 5.74) is 9.50. The molecule has 110 valence electrons. The Morgan fingerprint density at radius 2 is 1.90 bits per heavy atom. The smallest absolute Gasteiger partial charge is 0.0375 e. The Morgan fingerprint density at radius 1 is 1.10 bits per heavy atom. The van der Waals surface area contributed by atoms with Crippen LogP contribution in [0.3, 0.4) is 0 Å². The molecule has 0 bridgehead atoms. The lowest BCUT2D eigenvalue weighted by atomic mass is 9.76. The van der Waals surface area contributed by atoms with E-state index in [4.69, 9.17) is 5.73 Å². The Balaban J connectivity index is 1.82. The van der Waals surface area contributed by atoms with Gasteiger partial charge in [-0.3, -0.25) is 4.90 Å². The van der Waals surface area contributed by atoms with Gasteiger partial charge in [-0.15, -0.1) is 0 Å². The Kier molecular flexibility index (Phi) is 4.11. The van der Waals surface area contributed by atoms with Crippen LogP contribution >= 0.6 is 0 Å². The lowest BCUT2D eigenvalue weighted by Crippen LogP contribution is -2.58. The first-order chi connectivity index (χ1) is 9.73. The van der Waals surface area contributed by atoms with Gasteiger partial charge in [0.2, 0.25) is 0 Å². The van der Waals surface area contributed by atoms with Crippen LogP contribution in [0.1, 0.15) is 24.0 Å². The first-order valence-corrected chi connectivity index (χ1v) is 7.94. The highest BCUT2D eigenvalue weighted by atomic mass is 15.3. The van der Waals surface area contributed by atoms with Crippen LogP contribution in [0, 0.1) is 0 Å². The summed E-state index contributed by atoms with van der Waals surface area (Å²) in [7, 11) is 2.23. The van der Waals surface area contributed by atoms with Crippen LogP contribution < -0.4 is 5.73 Å². The summed E-state index contributed by atoms with van der Waals surface area (Å²) in [5.74, 6) is 0. The molecule has 1 aliphatic heterocycles. The van der Waals surface area contributed by atoms with Gasteiger partial charge in [0.1, 0.15) is 0 Å². The quantitative estimate of drug-likeness (QED) is 0.886. The molecule has 1 saturated heterocycles. The molecule has 1 aromatic rings. The third-order valence-electron chi connectivity index (χ3n) is 5.27. The molecule has 2 aliphatic rings. The van der Waals surface area contributed by atoms with Crippen LogP contribution in [0.25, 0.3) is 0 Å². The monoisotopic (exact) mass is 273 g/mol. The zero-order chi connectivity index (χ0) is 14.0. The van der Waals surface area contributed by atoms with Crippen LogP contribution in [0.15, 0.2) is 24.3 Å². The topological polar surface area (TPSA) is 32.5 Å². The molecule has 3 heteroatoms. The second-order valence-electron chi connectivity index (χ2n) is 6.52. The van der Waals surface area contributed by atoms with Crippen molar-refractivity contribution in [1.29, 1.82) is 0 Å². The van der Waals surface area contributed by atoms with Crippen molar-refractivity contribution in [1.82, 2.24) is 9.80 Å². The summed E-state index contributed by atoms with van der Waals surface area (Å²) in [5, 5.41) is 0. The van der Waals surface area contributed by atoms with Crippen molar-refractivity contribution >= 4 is 0 Å². The van der Waals surface area contributed by atoms with Crippen LogP contribution in [-0.2, 0) is 12.8 Å². The molecule has 1 aromatic carbocycles. The van der Waals surface area contributed by atoms with E-state index in [1.807, 2.05) is 0 Å². The van der Waals surface area contributed by atoms with E-state index in [1.54, 1.807) is 0 Å². The Labute approximate surface area is 122 Å². The normalized spacial score (nSPS) is 28.9. The maximum Gasteiger partial charge on any atom is 0.0375 e. The number of rotatable bonds is 2. The molecule has 3 nitrogen and oxygen atoms in total. The average Bonchev–Trinajstić information content (AvgIpc) is 2.72. The lowest BCUT2D eigenvalue weighted by Gasteiger charge is -2.46. The van der Waals surface area contributed by atoms with E-state index in [-0.39, 0.29) is 5.54 Å². The Bertz CT molecular complexity index is 459. The van der Waals surface area contributed by atoms with Gasteiger partial charge in [-0.25, -0.2) is 0 Å². The summed E-state index contributed by atoms with van der Waals surface area (Å²) < 4.78 is 0. The molecule has 1 atom stereocenters. The van der Waals surface area contributed by atoms with Gasteiger partial charge in [-0.2, -0.15) is 0 Å². The average molecular weight is 273 g/mol. The van der Waals surface area contributed by atoms with Crippen molar-refractivity contribution in [2.45, 2.75) is 31.2 Å². The lowest BCUT2D eigenvalue weighted by molar-refractivity contribution is 0.0836. The van der Waals surface area contributed by atoms with E-state index in [2.05, 4.69) is 41.1 Å². The van der Waals surface area contributed by atoms with E-state index in [0.29, 0.717) is 0 Å². The molecule has 0 radical (unpaired) electrons. The second-order valence-corrected chi connectivity index (χ2v) is 6.52. The van der Waals surface area contributed by atoms with E-state index in [9.17, 15) is 0 Å². The highest BCUT2D eigenvalue weighted by Crippen LogP contribution is 2.33. The number of nitrogens with two attached hydrogens (primary N) is 1. The zero-order valence-corrected chi connectivity index (χ0v) is 12.6. The van der Waals surface area contributed by atoms with E-state index < -0.39 is 0 Å². The predicted molar refractivity (Wildman–Crippen MR) is 83.9 cm³/mol. The number of aryl methyl sites for hydroxylation is 1. The molecular weight excluding hydrogens is 246 g/mol. The molecule has 0 amide bonds. The summed E-state index contributed by atoms with van der Waals surface area (Å²) in [4.78, 5) is 5.13. The predicted octanol–water partition coefficient (Wildman–Crippen LogP) is 1.51. The Hall–Kier alpha value is -0.900. The number of hydrogen-bond donors (Lipinski definition) is 1. The number of benzene rings is 1. The van der Waals surface area contributed by atoms with Crippen LogP contribution in [0.2, 0.25) is 0 Å². The highest BCUT2D eigenvalue weighted by Gasteiger charge is 2.38. The van der Waals surface area contributed by atoms with Crippen molar-refractivity contribution in [2.75, 3.05) is 39.8 Å². The minimum absolute atomic E-state index is 0.194. The fourth-order valence-corrected chi connectivity index (χ4v) is 3.88.